The van der Waals surface area contributed by atoms with E-state index in [-0.39, 0.29) is 30.0 Å². The highest BCUT2D eigenvalue weighted by atomic mass is 32.2. The Hall–Kier alpha value is -2.28. The van der Waals surface area contributed by atoms with Crippen LogP contribution in [0.1, 0.15) is 16.9 Å². The molecule has 2 rings (SSSR count). The number of carbonyl (C=O) groups excluding carboxylic acids is 2. The van der Waals surface area contributed by atoms with Crippen molar-refractivity contribution in [3.8, 4) is 0 Å². The molecule has 2 aromatic rings. The number of thioether (sulfide) groups is 1. The van der Waals surface area contributed by atoms with Crippen molar-refractivity contribution in [2.75, 3.05) is 16.8 Å². The second-order valence-corrected chi connectivity index (χ2v) is 6.00. The van der Waals surface area contributed by atoms with Crippen LogP contribution in [0.5, 0.6) is 0 Å². The number of amides is 1. The fraction of sp³-hybridized carbons (Fsp3) is 0.312. The molecule has 0 atom stereocenters. The lowest BCUT2D eigenvalue weighted by atomic mass is 10.2. The Kier molecular flexibility index (Phi) is 6.22. The normalized spacial score (nSPS) is 10.3. The second-order valence-electron chi connectivity index (χ2n) is 5.01. The van der Waals surface area contributed by atoms with Gasteiger partial charge in [0.1, 0.15) is 12.4 Å². The minimum absolute atomic E-state index is 0.122. The molecule has 0 aliphatic heterocycles. The average molecular weight is 334 g/mol. The molecule has 0 saturated heterocycles. The molecule has 1 amide bonds. The lowest BCUT2D eigenvalue weighted by Gasteiger charge is -2.05. The molecule has 0 radical (unpaired) electrons. The van der Waals surface area contributed by atoms with Crippen LogP contribution in [-0.4, -0.2) is 28.5 Å². The number of ether oxygens (including phenoxy) is 1. The molecule has 0 unspecified atom stereocenters. The van der Waals surface area contributed by atoms with E-state index in [1.807, 2.05) is 31.2 Å². The van der Waals surface area contributed by atoms with Crippen LogP contribution in [0.2, 0.25) is 0 Å². The van der Waals surface area contributed by atoms with E-state index >= 15 is 0 Å². The zero-order chi connectivity index (χ0) is 16.7. The Bertz CT molecular complexity index is 667. The van der Waals surface area contributed by atoms with Gasteiger partial charge in [0.25, 0.3) is 0 Å². The molecule has 0 fully saturated rings. The largest absolute Gasteiger partial charge is 0.460 e. The van der Waals surface area contributed by atoms with E-state index in [1.165, 1.54) is 11.8 Å². The van der Waals surface area contributed by atoms with E-state index in [1.54, 1.807) is 13.0 Å². The Balaban J connectivity index is 1.62. The van der Waals surface area contributed by atoms with Gasteiger partial charge in [-0.05, 0) is 19.4 Å². The van der Waals surface area contributed by atoms with Gasteiger partial charge in [-0.15, -0.1) is 11.8 Å². The number of aryl methyl sites for hydroxylation is 2. The van der Waals surface area contributed by atoms with E-state index in [0.29, 0.717) is 11.6 Å². The smallest absolute Gasteiger partial charge is 0.316 e. The van der Waals surface area contributed by atoms with Crippen LogP contribution in [0.15, 0.2) is 34.9 Å². The SMILES string of the molecule is Cc1ccc(COC(=O)CSCC(=O)Nc2cc(C)on2)cc1. The number of esters is 1. The van der Waals surface area contributed by atoms with E-state index in [4.69, 9.17) is 9.26 Å². The van der Waals surface area contributed by atoms with Crippen molar-refractivity contribution < 1.29 is 18.8 Å². The molecule has 0 bridgehead atoms. The molecule has 1 N–H and O–H groups in total. The van der Waals surface area contributed by atoms with Gasteiger partial charge in [0.05, 0.1) is 11.5 Å². The van der Waals surface area contributed by atoms with Crippen LogP contribution in [0, 0.1) is 13.8 Å². The van der Waals surface area contributed by atoms with Crippen molar-refractivity contribution in [2.24, 2.45) is 0 Å². The molecule has 0 aliphatic carbocycles. The number of benzene rings is 1. The monoisotopic (exact) mass is 334 g/mol. The van der Waals surface area contributed by atoms with Gasteiger partial charge < -0.3 is 14.6 Å². The molecular weight excluding hydrogens is 316 g/mol. The number of carbonyl (C=O) groups is 2. The number of nitrogens with zero attached hydrogens (tertiary/aromatic N) is 1. The van der Waals surface area contributed by atoms with Crippen LogP contribution in [0.25, 0.3) is 0 Å². The molecule has 1 aromatic heterocycles. The topological polar surface area (TPSA) is 81.4 Å². The first-order valence-corrected chi connectivity index (χ1v) is 8.20. The molecule has 0 spiro atoms. The van der Waals surface area contributed by atoms with Crippen molar-refractivity contribution in [2.45, 2.75) is 20.5 Å². The number of anilines is 1. The van der Waals surface area contributed by atoms with Crippen LogP contribution >= 0.6 is 11.8 Å². The minimum atomic E-state index is -0.347. The summed E-state index contributed by atoms with van der Waals surface area (Å²) < 4.78 is 10.00. The van der Waals surface area contributed by atoms with Crippen LogP contribution < -0.4 is 5.32 Å². The third-order valence-electron chi connectivity index (χ3n) is 2.87. The second kappa shape index (κ2) is 8.38. The number of nitrogens with one attached hydrogen (secondary N) is 1. The molecule has 0 saturated carbocycles. The first-order valence-electron chi connectivity index (χ1n) is 7.05. The summed E-state index contributed by atoms with van der Waals surface area (Å²) in [4.78, 5) is 23.3. The number of hydrogen-bond acceptors (Lipinski definition) is 6. The van der Waals surface area contributed by atoms with Gasteiger partial charge in [-0.25, -0.2) is 0 Å². The van der Waals surface area contributed by atoms with Crippen molar-refractivity contribution >= 4 is 29.5 Å². The average Bonchev–Trinajstić information content (AvgIpc) is 2.91. The van der Waals surface area contributed by atoms with Gasteiger partial charge in [0.2, 0.25) is 5.91 Å². The van der Waals surface area contributed by atoms with E-state index in [2.05, 4.69) is 10.5 Å². The Morgan fingerprint density at radius 1 is 1.22 bits per heavy atom. The summed E-state index contributed by atoms with van der Waals surface area (Å²) in [5.41, 5.74) is 2.09. The predicted molar refractivity (Wildman–Crippen MR) is 88.2 cm³/mol. The molecule has 1 aromatic carbocycles. The summed E-state index contributed by atoms with van der Waals surface area (Å²) >= 11 is 1.19. The maximum atomic E-state index is 11.6. The molecular formula is C16H18N2O4S. The first-order chi connectivity index (χ1) is 11.0. The summed E-state index contributed by atoms with van der Waals surface area (Å²) in [6.45, 7) is 3.98. The van der Waals surface area contributed by atoms with Gasteiger partial charge in [0, 0.05) is 6.07 Å². The Morgan fingerprint density at radius 3 is 2.61 bits per heavy atom. The van der Waals surface area contributed by atoms with E-state index in [0.717, 1.165) is 11.1 Å². The molecule has 6 nitrogen and oxygen atoms in total. The minimum Gasteiger partial charge on any atom is -0.460 e. The van der Waals surface area contributed by atoms with Gasteiger partial charge >= 0.3 is 5.97 Å². The quantitative estimate of drug-likeness (QED) is 0.784. The third kappa shape index (κ3) is 6.15. The summed E-state index contributed by atoms with van der Waals surface area (Å²) in [6, 6.07) is 9.40. The molecule has 122 valence electrons. The fourth-order valence-electron chi connectivity index (χ4n) is 1.72. The first kappa shape index (κ1) is 17.1. The highest BCUT2D eigenvalue weighted by Gasteiger charge is 2.09. The van der Waals surface area contributed by atoms with Gasteiger partial charge in [0.15, 0.2) is 5.82 Å². The zero-order valence-corrected chi connectivity index (χ0v) is 13.8. The summed E-state index contributed by atoms with van der Waals surface area (Å²) in [7, 11) is 0. The molecule has 23 heavy (non-hydrogen) atoms. The molecule has 0 aliphatic rings. The standard InChI is InChI=1S/C16H18N2O4S/c1-11-3-5-13(6-4-11)8-21-16(20)10-23-9-15(19)17-14-7-12(2)22-18-14/h3-7H,8-10H2,1-2H3,(H,17,18,19). The number of aromatic nitrogens is 1. The highest BCUT2D eigenvalue weighted by Crippen LogP contribution is 2.09. The maximum absolute atomic E-state index is 11.6. The summed E-state index contributed by atoms with van der Waals surface area (Å²) in [5, 5.41) is 6.24. The lowest BCUT2D eigenvalue weighted by molar-refractivity contribution is -0.141. The van der Waals surface area contributed by atoms with Gasteiger partial charge in [-0.1, -0.05) is 35.0 Å². The fourth-order valence-corrected chi connectivity index (χ4v) is 2.33. The van der Waals surface area contributed by atoms with Gasteiger partial charge in [-0.3, -0.25) is 9.59 Å². The lowest BCUT2D eigenvalue weighted by Crippen LogP contribution is -2.16. The predicted octanol–water partition coefficient (Wildman–Crippen LogP) is 2.71. The highest BCUT2D eigenvalue weighted by molar-refractivity contribution is 8.00. The molecule has 1 heterocycles. The van der Waals surface area contributed by atoms with E-state index in [9.17, 15) is 9.59 Å². The number of hydrogen-bond donors (Lipinski definition) is 1. The van der Waals surface area contributed by atoms with E-state index < -0.39 is 0 Å². The van der Waals surface area contributed by atoms with Crippen molar-refractivity contribution in [3.63, 3.8) is 0 Å². The van der Waals surface area contributed by atoms with Crippen LogP contribution in [0.3, 0.4) is 0 Å². The Morgan fingerprint density at radius 2 is 1.96 bits per heavy atom. The zero-order valence-electron chi connectivity index (χ0n) is 13.0. The maximum Gasteiger partial charge on any atom is 0.316 e. The Labute approximate surface area is 138 Å². The number of rotatable bonds is 7. The van der Waals surface area contributed by atoms with Crippen molar-refractivity contribution in [1.82, 2.24) is 5.16 Å². The van der Waals surface area contributed by atoms with Crippen LogP contribution in [0.4, 0.5) is 5.82 Å². The van der Waals surface area contributed by atoms with Crippen LogP contribution in [-0.2, 0) is 20.9 Å². The summed E-state index contributed by atoms with van der Waals surface area (Å²) in [5.74, 6) is 0.667. The van der Waals surface area contributed by atoms with Gasteiger partial charge in [-0.2, -0.15) is 0 Å². The molecule has 7 heteroatoms. The van der Waals surface area contributed by atoms with Crippen molar-refractivity contribution in [3.05, 3.63) is 47.2 Å². The summed E-state index contributed by atoms with van der Waals surface area (Å²) in [6.07, 6.45) is 0. The third-order valence-corrected chi connectivity index (χ3v) is 3.78. The van der Waals surface area contributed by atoms with Crippen molar-refractivity contribution in [1.29, 1.82) is 0 Å².